The summed E-state index contributed by atoms with van der Waals surface area (Å²) in [5, 5.41) is 0. The van der Waals surface area contributed by atoms with Crippen molar-refractivity contribution >= 4 is 11.8 Å². The quantitative estimate of drug-likeness (QED) is 0.834. The fourth-order valence-electron chi connectivity index (χ4n) is 3.64. The van der Waals surface area contributed by atoms with Crippen molar-refractivity contribution in [1.29, 1.82) is 0 Å². The van der Waals surface area contributed by atoms with Crippen molar-refractivity contribution in [3.8, 4) is 11.5 Å². The molecule has 1 saturated heterocycles. The first kappa shape index (κ1) is 17.6. The van der Waals surface area contributed by atoms with Gasteiger partial charge in [-0.3, -0.25) is 9.59 Å². The highest BCUT2D eigenvalue weighted by Crippen LogP contribution is 2.32. The molecule has 2 aliphatic rings. The summed E-state index contributed by atoms with van der Waals surface area (Å²) in [6.45, 7) is 1.62. The number of benzene rings is 1. The number of rotatable bonds is 3. The fourth-order valence-corrected chi connectivity index (χ4v) is 3.64. The molecule has 2 atom stereocenters. The topological polar surface area (TPSA) is 59.1 Å². The summed E-state index contributed by atoms with van der Waals surface area (Å²) < 4.78 is 11.0. The van der Waals surface area contributed by atoms with E-state index in [2.05, 4.69) is 0 Å². The number of nitrogens with zero attached hydrogens (tertiary/aromatic N) is 2. The van der Waals surface area contributed by atoms with Crippen LogP contribution in [0.15, 0.2) is 18.2 Å². The Morgan fingerprint density at radius 1 is 1.28 bits per heavy atom. The maximum absolute atomic E-state index is 12.9. The third-order valence-electron chi connectivity index (χ3n) is 5.05. The summed E-state index contributed by atoms with van der Waals surface area (Å²) in [5.41, 5.74) is 1.03. The number of methoxy groups -OCH3 is 1. The number of amides is 2. The van der Waals surface area contributed by atoms with Gasteiger partial charge in [-0.1, -0.05) is 6.07 Å². The highest BCUT2D eigenvalue weighted by molar-refractivity contribution is 5.82. The fraction of sp³-hybridized carbons (Fsp3) is 0.579. The summed E-state index contributed by atoms with van der Waals surface area (Å²) >= 11 is 0. The number of carbonyl (C=O) groups excluding carboxylic acids is 2. The lowest BCUT2D eigenvalue weighted by Crippen LogP contribution is -2.48. The van der Waals surface area contributed by atoms with Crippen molar-refractivity contribution in [3.63, 3.8) is 0 Å². The smallest absolute Gasteiger partial charge is 0.229 e. The van der Waals surface area contributed by atoms with Crippen molar-refractivity contribution in [2.75, 3.05) is 40.9 Å². The van der Waals surface area contributed by atoms with E-state index >= 15 is 0 Å². The minimum atomic E-state index is -0.186. The average Bonchev–Trinajstić information content (AvgIpc) is 2.65. The lowest BCUT2D eigenvalue weighted by Gasteiger charge is -2.36. The van der Waals surface area contributed by atoms with Gasteiger partial charge >= 0.3 is 0 Å². The molecule has 2 heterocycles. The van der Waals surface area contributed by atoms with Crippen molar-refractivity contribution in [3.05, 3.63) is 23.8 Å². The molecular formula is C19H26N2O4. The molecule has 0 saturated carbocycles. The van der Waals surface area contributed by atoms with E-state index in [9.17, 15) is 9.59 Å². The largest absolute Gasteiger partial charge is 0.497 e. The van der Waals surface area contributed by atoms with Crippen LogP contribution in [0.4, 0.5) is 0 Å². The second-order valence-electron chi connectivity index (χ2n) is 7.04. The summed E-state index contributed by atoms with van der Waals surface area (Å²) in [6, 6.07) is 5.71. The Morgan fingerprint density at radius 2 is 2.08 bits per heavy atom. The molecule has 6 heteroatoms. The van der Waals surface area contributed by atoms with Crippen LogP contribution in [0.1, 0.15) is 18.4 Å². The summed E-state index contributed by atoms with van der Waals surface area (Å²) in [5.74, 6) is 1.47. The van der Waals surface area contributed by atoms with Crippen LogP contribution in [-0.4, -0.2) is 62.5 Å². The van der Waals surface area contributed by atoms with E-state index in [0.717, 1.165) is 36.4 Å². The molecule has 1 fully saturated rings. The molecule has 1 aromatic rings. The first-order valence-corrected chi connectivity index (χ1v) is 8.79. The van der Waals surface area contributed by atoms with Gasteiger partial charge in [-0.15, -0.1) is 0 Å². The van der Waals surface area contributed by atoms with Crippen LogP contribution in [0.5, 0.6) is 11.5 Å². The molecule has 0 unspecified atom stereocenters. The van der Waals surface area contributed by atoms with Crippen LogP contribution in [0.3, 0.4) is 0 Å². The van der Waals surface area contributed by atoms with Crippen molar-refractivity contribution < 1.29 is 19.1 Å². The SMILES string of the molecule is COc1ccc2c(c1)OC[C@@H](C(=O)N1CCC[C@@H](C(=O)N(C)C)C1)C2. The van der Waals surface area contributed by atoms with Gasteiger partial charge in [0.2, 0.25) is 11.8 Å². The third-order valence-corrected chi connectivity index (χ3v) is 5.05. The highest BCUT2D eigenvalue weighted by atomic mass is 16.5. The zero-order valence-corrected chi connectivity index (χ0v) is 15.2. The van der Waals surface area contributed by atoms with Crippen LogP contribution in [-0.2, 0) is 16.0 Å². The zero-order chi connectivity index (χ0) is 18.0. The zero-order valence-electron chi connectivity index (χ0n) is 15.2. The van der Waals surface area contributed by atoms with Gasteiger partial charge in [0.15, 0.2) is 0 Å². The van der Waals surface area contributed by atoms with Crippen molar-refractivity contribution in [2.24, 2.45) is 11.8 Å². The van der Waals surface area contributed by atoms with Gasteiger partial charge < -0.3 is 19.3 Å². The van der Waals surface area contributed by atoms with Gasteiger partial charge in [0.25, 0.3) is 0 Å². The molecule has 136 valence electrons. The lowest BCUT2D eigenvalue weighted by atomic mass is 9.92. The number of piperidine rings is 1. The Bertz CT molecular complexity index is 659. The van der Waals surface area contributed by atoms with Crippen LogP contribution in [0.2, 0.25) is 0 Å². The molecule has 2 aliphatic heterocycles. The van der Waals surface area contributed by atoms with E-state index in [-0.39, 0.29) is 23.7 Å². The van der Waals surface area contributed by atoms with Crippen molar-refractivity contribution in [1.82, 2.24) is 9.80 Å². The van der Waals surface area contributed by atoms with Gasteiger partial charge in [-0.25, -0.2) is 0 Å². The molecule has 0 aliphatic carbocycles. The van der Waals surface area contributed by atoms with Gasteiger partial charge in [-0.2, -0.15) is 0 Å². The first-order valence-electron chi connectivity index (χ1n) is 8.79. The Morgan fingerprint density at radius 3 is 2.80 bits per heavy atom. The van der Waals surface area contributed by atoms with Crippen LogP contribution in [0.25, 0.3) is 0 Å². The molecule has 1 aromatic carbocycles. The molecule has 6 nitrogen and oxygen atoms in total. The summed E-state index contributed by atoms with van der Waals surface area (Å²) in [4.78, 5) is 28.6. The number of likely N-dealkylation sites (tertiary alicyclic amines) is 1. The standard InChI is InChI=1S/C19H26N2O4/c1-20(2)18(22)14-5-4-8-21(11-14)19(23)15-9-13-6-7-16(24-3)10-17(13)25-12-15/h6-7,10,14-15H,4-5,8-9,11-12H2,1-3H3/t14-,15+/m1/s1. The van der Waals surface area contributed by atoms with Gasteiger partial charge in [0, 0.05) is 33.3 Å². The third kappa shape index (κ3) is 3.72. The molecule has 0 radical (unpaired) electrons. The molecular weight excluding hydrogens is 320 g/mol. The predicted octanol–water partition coefficient (Wildman–Crippen LogP) is 1.57. The van der Waals surface area contributed by atoms with Crippen molar-refractivity contribution in [2.45, 2.75) is 19.3 Å². The normalized spacial score (nSPS) is 22.6. The van der Waals surface area contributed by atoms with E-state index < -0.39 is 0 Å². The number of fused-ring (bicyclic) bond motifs is 1. The Labute approximate surface area is 148 Å². The van der Waals surface area contributed by atoms with E-state index in [1.165, 1.54) is 0 Å². The molecule has 0 spiro atoms. The second-order valence-corrected chi connectivity index (χ2v) is 7.04. The van der Waals surface area contributed by atoms with Crippen LogP contribution in [0, 0.1) is 11.8 Å². The lowest BCUT2D eigenvalue weighted by molar-refractivity contribution is -0.142. The van der Waals surface area contributed by atoms with Crippen LogP contribution >= 0.6 is 0 Å². The highest BCUT2D eigenvalue weighted by Gasteiger charge is 2.34. The van der Waals surface area contributed by atoms with Gasteiger partial charge in [0.05, 0.1) is 18.9 Å². The minimum Gasteiger partial charge on any atom is -0.497 e. The molecule has 2 amide bonds. The monoisotopic (exact) mass is 346 g/mol. The molecule has 0 N–H and O–H groups in total. The number of ether oxygens (including phenoxy) is 2. The Balaban J connectivity index is 1.66. The molecule has 0 bridgehead atoms. The molecule has 25 heavy (non-hydrogen) atoms. The van der Waals surface area contributed by atoms with Gasteiger partial charge in [0.1, 0.15) is 18.1 Å². The van der Waals surface area contributed by atoms with Crippen LogP contribution < -0.4 is 9.47 Å². The Kier molecular flexibility index (Phi) is 5.16. The van der Waals surface area contributed by atoms with Gasteiger partial charge in [-0.05, 0) is 30.9 Å². The average molecular weight is 346 g/mol. The minimum absolute atomic E-state index is 0.0891. The molecule has 0 aromatic heterocycles. The Hall–Kier alpha value is -2.24. The number of carbonyl (C=O) groups is 2. The molecule has 3 rings (SSSR count). The maximum Gasteiger partial charge on any atom is 0.229 e. The summed E-state index contributed by atoms with van der Waals surface area (Å²) in [7, 11) is 5.16. The second kappa shape index (κ2) is 7.33. The first-order chi connectivity index (χ1) is 12.0. The predicted molar refractivity (Wildman–Crippen MR) is 93.7 cm³/mol. The number of hydrogen-bond donors (Lipinski definition) is 0. The van der Waals surface area contributed by atoms with E-state index in [4.69, 9.17) is 9.47 Å². The van der Waals surface area contributed by atoms with E-state index in [1.807, 2.05) is 23.1 Å². The maximum atomic E-state index is 12.9. The van der Waals surface area contributed by atoms with E-state index in [0.29, 0.717) is 19.6 Å². The number of hydrogen-bond acceptors (Lipinski definition) is 4. The summed E-state index contributed by atoms with van der Waals surface area (Å²) in [6.07, 6.45) is 2.39. The van der Waals surface area contributed by atoms with E-state index in [1.54, 1.807) is 26.1 Å².